The summed E-state index contributed by atoms with van der Waals surface area (Å²) in [6.07, 6.45) is 0.720. The lowest BCUT2D eigenvalue weighted by atomic mass is 9.93. The van der Waals surface area contributed by atoms with Gasteiger partial charge in [-0.3, -0.25) is 0 Å². The van der Waals surface area contributed by atoms with Gasteiger partial charge in [0.1, 0.15) is 0 Å². The van der Waals surface area contributed by atoms with E-state index in [1.54, 1.807) is 0 Å². The molecule has 0 aliphatic heterocycles. The van der Waals surface area contributed by atoms with Gasteiger partial charge >= 0.3 is 0 Å². The molecule has 2 unspecified atom stereocenters. The third-order valence-corrected chi connectivity index (χ3v) is 4.07. The summed E-state index contributed by atoms with van der Waals surface area (Å²) >= 11 is 0. The van der Waals surface area contributed by atoms with E-state index in [-0.39, 0.29) is 12.0 Å². The summed E-state index contributed by atoms with van der Waals surface area (Å²) in [4.78, 5) is 0. The SMILES string of the molecule is CC(O)C(C)c1ccc2c(c1)Cc1ccccc1-2. The Bertz CT molecular complexity index is 584. The van der Waals surface area contributed by atoms with Crippen LogP contribution in [0.4, 0.5) is 0 Å². The lowest BCUT2D eigenvalue weighted by molar-refractivity contribution is 0.169. The van der Waals surface area contributed by atoms with Crippen molar-refractivity contribution in [1.82, 2.24) is 0 Å². The molecule has 0 radical (unpaired) electrons. The molecule has 1 N–H and O–H groups in total. The Balaban J connectivity index is 2.03. The first-order valence-corrected chi connectivity index (χ1v) is 6.56. The first kappa shape index (κ1) is 11.5. The highest BCUT2D eigenvalue weighted by Gasteiger charge is 2.20. The number of aliphatic hydroxyl groups excluding tert-OH is 1. The van der Waals surface area contributed by atoms with Crippen LogP contribution in [-0.2, 0) is 6.42 Å². The Labute approximate surface area is 108 Å². The van der Waals surface area contributed by atoms with Gasteiger partial charge in [0.05, 0.1) is 6.10 Å². The minimum absolute atomic E-state index is 0.194. The average Bonchev–Trinajstić information content (AvgIpc) is 2.75. The Morgan fingerprint density at radius 2 is 1.67 bits per heavy atom. The highest BCUT2D eigenvalue weighted by molar-refractivity contribution is 5.77. The summed E-state index contributed by atoms with van der Waals surface area (Å²) in [7, 11) is 0. The third kappa shape index (κ3) is 1.75. The van der Waals surface area contributed by atoms with Crippen LogP contribution in [0, 0.1) is 0 Å². The second kappa shape index (κ2) is 4.25. The van der Waals surface area contributed by atoms with Gasteiger partial charge in [0.15, 0.2) is 0 Å². The van der Waals surface area contributed by atoms with Crippen molar-refractivity contribution in [3.8, 4) is 11.1 Å². The lowest BCUT2D eigenvalue weighted by Gasteiger charge is -2.16. The van der Waals surface area contributed by atoms with Crippen molar-refractivity contribution in [3.63, 3.8) is 0 Å². The summed E-state index contributed by atoms with van der Waals surface area (Å²) in [5.41, 5.74) is 6.75. The molecule has 2 aromatic rings. The number of benzene rings is 2. The topological polar surface area (TPSA) is 20.2 Å². The molecule has 0 heterocycles. The van der Waals surface area contributed by atoms with E-state index in [9.17, 15) is 5.11 Å². The summed E-state index contributed by atoms with van der Waals surface area (Å²) < 4.78 is 0. The molecular formula is C17H18O. The highest BCUT2D eigenvalue weighted by atomic mass is 16.3. The number of hydrogen-bond donors (Lipinski definition) is 1. The van der Waals surface area contributed by atoms with Crippen LogP contribution < -0.4 is 0 Å². The van der Waals surface area contributed by atoms with Crippen molar-refractivity contribution in [3.05, 3.63) is 59.2 Å². The normalized spacial score (nSPS) is 15.9. The molecule has 0 saturated carbocycles. The molecule has 0 spiro atoms. The summed E-state index contributed by atoms with van der Waals surface area (Å²) in [5, 5.41) is 9.70. The van der Waals surface area contributed by atoms with Gasteiger partial charge in [-0.05, 0) is 41.2 Å². The molecule has 3 rings (SSSR count). The summed E-state index contributed by atoms with van der Waals surface area (Å²) in [5.74, 6) is 0.194. The molecule has 0 bridgehead atoms. The quantitative estimate of drug-likeness (QED) is 0.721. The number of hydrogen-bond acceptors (Lipinski definition) is 1. The van der Waals surface area contributed by atoms with Gasteiger partial charge in [-0.25, -0.2) is 0 Å². The Morgan fingerprint density at radius 3 is 2.44 bits per heavy atom. The zero-order chi connectivity index (χ0) is 12.7. The summed E-state index contributed by atoms with van der Waals surface area (Å²) in [6, 6.07) is 15.2. The Kier molecular flexibility index (Phi) is 2.71. The molecule has 1 nitrogen and oxygen atoms in total. The molecule has 1 aliphatic carbocycles. The Hall–Kier alpha value is -1.60. The molecule has 92 valence electrons. The van der Waals surface area contributed by atoms with Gasteiger partial charge in [0.25, 0.3) is 0 Å². The smallest absolute Gasteiger partial charge is 0.0577 e. The van der Waals surface area contributed by atoms with Crippen LogP contribution >= 0.6 is 0 Å². The lowest BCUT2D eigenvalue weighted by Crippen LogP contribution is -2.11. The average molecular weight is 238 g/mol. The van der Waals surface area contributed by atoms with Crippen LogP contribution in [0.1, 0.15) is 36.5 Å². The molecule has 0 saturated heterocycles. The van der Waals surface area contributed by atoms with Crippen molar-refractivity contribution < 1.29 is 5.11 Å². The maximum atomic E-state index is 9.70. The second-order valence-corrected chi connectivity index (χ2v) is 5.28. The molecular weight excluding hydrogens is 220 g/mol. The maximum Gasteiger partial charge on any atom is 0.0577 e. The van der Waals surface area contributed by atoms with Crippen molar-refractivity contribution >= 4 is 0 Å². The van der Waals surface area contributed by atoms with Gasteiger partial charge in [-0.15, -0.1) is 0 Å². The van der Waals surface area contributed by atoms with Crippen LogP contribution in [0.2, 0.25) is 0 Å². The zero-order valence-corrected chi connectivity index (χ0v) is 10.9. The fraction of sp³-hybridized carbons (Fsp3) is 0.294. The third-order valence-electron chi connectivity index (χ3n) is 4.07. The highest BCUT2D eigenvalue weighted by Crippen LogP contribution is 2.37. The van der Waals surface area contributed by atoms with E-state index in [0.29, 0.717) is 0 Å². The Morgan fingerprint density at radius 1 is 0.944 bits per heavy atom. The van der Waals surface area contributed by atoms with E-state index in [2.05, 4.69) is 49.4 Å². The van der Waals surface area contributed by atoms with Crippen LogP contribution in [0.5, 0.6) is 0 Å². The first-order valence-electron chi connectivity index (χ1n) is 6.56. The molecule has 2 aromatic carbocycles. The second-order valence-electron chi connectivity index (χ2n) is 5.28. The van der Waals surface area contributed by atoms with E-state index >= 15 is 0 Å². The molecule has 18 heavy (non-hydrogen) atoms. The van der Waals surface area contributed by atoms with Crippen molar-refractivity contribution in [2.24, 2.45) is 0 Å². The van der Waals surface area contributed by atoms with E-state index in [0.717, 1.165) is 6.42 Å². The largest absolute Gasteiger partial charge is 0.393 e. The predicted octanol–water partition coefficient (Wildman–Crippen LogP) is 3.74. The monoisotopic (exact) mass is 238 g/mol. The van der Waals surface area contributed by atoms with Gasteiger partial charge in [-0.1, -0.05) is 49.4 Å². The van der Waals surface area contributed by atoms with Gasteiger partial charge in [0.2, 0.25) is 0 Å². The molecule has 1 heteroatoms. The van der Waals surface area contributed by atoms with Gasteiger partial charge < -0.3 is 5.11 Å². The molecule has 0 fully saturated rings. The van der Waals surface area contributed by atoms with E-state index in [1.807, 2.05) is 6.92 Å². The minimum Gasteiger partial charge on any atom is -0.393 e. The van der Waals surface area contributed by atoms with Crippen LogP contribution in [0.25, 0.3) is 11.1 Å². The van der Waals surface area contributed by atoms with Gasteiger partial charge in [-0.2, -0.15) is 0 Å². The first-order chi connectivity index (χ1) is 8.66. The van der Waals surface area contributed by atoms with Crippen LogP contribution in [0.15, 0.2) is 42.5 Å². The van der Waals surface area contributed by atoms with E-state index < -0.39 is 0 Å². The molecule has 0 aromatic heterocycles. The van der Waals surface area contributed by atoms with E-state index in [4.69, 9.17) is 0 Å². The summed E-state index contributed by atoms with van der Waals surface area (Å²) in [6.45, 7) is 3.93. The number of fused-ring (bicyclic) bond motifs is 3. The van der Waals surface area contributed by atoms with Crippen molar-refractivity contribution in [2.75, 3.05) is 0 Å². The van der Waals surface area contributed by atoms with Crippen molar-refractivity contribution in [2.45, 2.75) is 32.3 Å². The zero-order valence-electron chi connectivity index (χ0n) is 10.9. The predicted molar refractivity (Wildman–Crippen MR) is 74.8 cm³/mol. The number of rotatable bonds is 2. The molecule has 2 atom stereocenters. The van der Waals surface area contributed by atoms with Crippen molar-refractivity contribution in [1.29, 1.82) is 0 Å². The van der Waals surface area contributed by atoms with E-state index in [1.165, 1.54) is 27.8 Å². The number of aliphatic hydroxyl groups is 1. The molecule has 1 aliphatic rings. The molecule has 0 amide bonds. The minimum atomic E-state index is -0.299. The van der Waals surface area contributed by atoms with Gasteiger partial charge in [0, 0.05) is 5.92 Å². The van der Waals surface area contributed by atoms with Crippen LogP contribution in [-0.4, -0.2) is 11.2 Å². The standard InChI is InChI=1S/C17H18O/c1-11(12(2)18)13-7-8-17-15(9-13)10-14-5-3-4-6-16(14)17/h3-9,11-12,18H,10H2,1-2H3. The van der Waals surface area contributed by atoms with Crippen LogP contribution in [0.3, 0.4) is 0 Å². The fourth-order valence-corrected chi connectivity index (χ4v) is 2.73. The fourth-order valence-electron chi connectivity index (χ4n) is 2.73. The maximum absolute atomic E-state index is 9.70.